The number of benzene rings is 2. The maximum atomic E-state index is 13.0. The summed E-state index contributed by atoms with van der Waals surface area (Å²) in [6.07, 6.45) is 9.09. The third-order valence-electron chi connectivity index (χ3n) is 7.15. The number of aromatic carboxylic acids is 1. The summed E-state index contributed by atoms with van der Waals surface area (Å²) in [6.45, 7) is 0.128. The lowest BCUT2D eigenvalue weighted by Crippen LogP contribution is -2.26. The minimum absolute atomic E-state index is 0.0504. The van der Waals surface area contributed by atoms with Gasteiger partial charge in [-0.05, 0) is 78.4 Å². The highest BCUT2D eigenvalue weighted by molar-refractivity contribution is 5.99. The maximum absolute atomic E-state index is 13.0. The molecule has 0 spiro atoms. The first kappa shape index (κ1) is 24.6. The van der Waals surface area contributed by atoms with E-state index in [-0.39, 0.29) is 18.0 Å². The van der Waals surface area contributed by atoms with Gasteiger partial charge in [0.1, 0.15) is 18.0 Å². The van der Waals surface area contributed by atoms with Gasteiger partial charge in [0.05, 0.1) is 23.0 Å². The summed E-state index contributed by atoms with van der Waals surface area (Å²) in [5, 5.41) is 10.7. The SMILES string of the molecule is CN(C)C(=O)Cn1c(-c2ccc(Oc3cccnc3)cc2)c(C2CCCCC2)c2ccc(C(=O)O)cc21. The monoisotopic (exact) mass is 497 g/mol. The van der Waals surface area contributed by atoms with Crippen molar-refractivity contribution in [3.8, 4) is 22.8 Å². The van der Waals surface area contributed by atoms with E-state index in [2.05, 4.69) is 4.98 Å². The Morgan fingerprint density at radius 2 is 1.78 bits per heavy atom. The molecule has 2 aromatic carbocycles. The van der Waals surface area contributed by atoms with Crippen LogP contribution in [0.2, 0.25) is 0 Å². The van der Waals surface area contributed by atoms with Gasteiger partial charge in [-0.3, -0.25) is 9.78 Å². The fourth-order valence-corrected chi connectivity index (χ4v) is 5.29. The average Bonchev–Trinajstić information content (AvgIpc) is 3.23. The van der Waals surface area contributed by atoms with Crippen LogP contribution in [-0.2, 0) is 11.3 Å². The van der Waals surface area contributed by atoms with Crippen LogP contribution in [0.1, 0.15) is 53.9 Å². The molecule has 37 heavy (non-hydrogen) atoms. The van der Waals surface area contributed by atoms with Gasteiger partial charge in [0, 0.05) is 25.7 Å². The molecule has 0 bridgehead atoms. The molecule has 4 aromatic rings. The van der Waals surface area contributed by atoms with E-state index in [0.717, 1.165) is 35.0 Å². The van der Waals surface area contributed by atoms with E-state index < -0.39 is 5.97 Å². The average molecular weight is 498 g/mol. The third-order valence-corrected chi connectivity index (χ3v) is 7.15. The zero-order chi connectivity index (χ0) is 25.9. The molecule has 0 saturated heterocycles. The summed E-state index contributed by atoms with van der Waals surface area (Å²) in [4.78, 5) is 30.5. The lowest BCUT2D eigenvalue weighted by Gasteiger charge is -2.24. The minimum Gasteiger partial charge on any atom is -0.478 e. The molecule has 2 heterocycles. The molecule has 0 unspecified atom stereocenters. The first-order valence-corrected chi connectivity index (χ1v) is 12.7. The lowest BCUT2D eigenvalue weighted by atomic mass is 9.82. The Balaban J connectivity index is 1.68. The molecule has 1 N–H and O–H groups in total. The molecule has 1 aliphatic carbocycles. The molecule has 7 nitrogen and oxygen atoms in total. The number of carbonyl (C=O) groups is 2. The van der Waals surface area contributed by atoms with Crippen LogP contribution in [0.3, 0.4) is 0 Å². The molecule has 0 aliphatic heterocycles. The number of rotatable bonds is 7. The standard InChI is InChI=1S/C30H31N3O4/c1-32(2)27(34)19-33-26-17-22(30(35)36)12-15-25(26)28(20-7-4-3-5-8-20)29(33)21-10-13-23(14-11-21)37-24-9-6-16-31-18-24/h6,9-18,20H,3-5,7-8,19H2,1-2H3,(H,35,36). The number of hydrogen-bond donors (Lipinski definition) is 1. The maximum Gasteiger partial charge on any atom is 0.335 e. The van der Waals surface area contributed by atoms with Crippen LogP contribution < -0.4 is 4.74 Å². The van der Waals surface area contributed by atoms with E-state index in [4.69, 9.17) is 4.74 Å². The summed E-state index contributed by atoms with van der Waals surface area (Å²) < 4.78 is 7.95. The Morgan fingerprint density at radius 1 is 1.03 bits per heavy atom. The van der Waals surface area contributed by atoms with Gasteiger partial charge in [-0.1, -0.05) is 25.3 Å². The van der Waals surface area contributed by atoms with Crippen LogP contribution in [0, 0.1) is 0 Å². The number of amides is 1. The predicted molar refractivity (Wildman–Crippen MR) is 143 cm³/mol. The van der Waals surface area contributed by atoms with Crippen molar-refractivity contribution < 1.29 is 19.4 Å². The normalized spacial score (nSPS) is 14.0. The van der Waals surface area contributed by atoms with Gasteiger partial charge in [-0.15, -0.1) is 0 Å². The highest BCUT2D eigenvalue weighted by Crippen LogP contribution is 2.44. The summed E-state index contributed by atoms with van der Waals surface area (Å²) >= 11 is 0. The van der Waals surface area contributed by atoms with Gasteiger partial charge in [0.2, 0.25) is 5.91 Å². The highest BCUT2D eigenvalue weighted by Gasteiger charge is 2.28. The number of ether oxygens (including phenoxy) is 1. The fraction of sp³-hybridized carbons (Fsp3) is 0.300. The summed E-state index contributed by atoms with van der Waals surface area (Å²) in [5.41, 5.74) is 4.15. The largest absolute Gasteiger partial charge is 0.478 e. The lowest BCUT2D eigenvalue weighted by molar-refractivity contribution is -0.129. The van der Waals surface area contributed by atoms with E-state index in [9.17, 15) is 14.7 Å². The van der Waals surface area contributed by atoms with Crippen LogP contribution in [0.4, 0.5) is 0 Å². The molecule has 5 rings (SSSR count). The van der Waals surface area contributed by atoms with Crippen molar-refractivity contribution in [2.45, 2.75) is 44.6 Å². The van der Waals surface area contributed by atoms with Crippen molar-refractivity contribution in [2.24, 2.45) is 0 Å². The van der Waals surface area contributed by atoms with E-state index in [1.807, 2.05) is 47.0 Å². The van der Waals surface area contributed by atoms with Crippen LogP contribution in [0.15, 0.2) is 67.0 Å². The van der Waals surface area contributed by atoms with Crippen molar-refractivity contribution in [1.82, 2.24) is 14.5 Å². The number of hydrogen-bond acceptors (Lipinski definition) is 4. The molecule has 1 aliphatic rings. The third kappa shape index (κ3) is 5.07. The van der Waals surface area contributed by atoms with Crippen molar-refractivity contribution in [1.29, 1.82) is 0 Å². The smallest absolute Gasteiger partial charge is 0.335 e. The molecular weight excluding hydrogens is 466 g/mol. The van der Waals surface area contributed by atoms with Gasteiger partial charge in [-0.2, -0.15) is 0 Å². The van der Waals surface area contributed by atoms with E-state index in [1.165, 1.54) is 24.8 Å². The molecular formula is C30H31N3O4. The number of carboxylic acid groups (broad SMARTS) is 1. The molecule has 0 radical (unpaired) electrons. The molecule has 1 saturated carbocycles. The molecule has 1 amide bonds. The van der Waals surface area contributed by atoms with Crippen LogP contribution in [-0.4, -0.2) is 45.5 Å². The van der Waals surface area contributed by atoms with Gasteiger partial charge in [0.15, 0.2) is 0 Å². The van der Waals surface area contributed by atoms with Gasteiger partial charge >= 0.3 is 5.97 Å². The number of pyridine rings is 1. The van der Waals surface area contributed by atoms with Gasteiger partial charge in [-0.25, -0.2) is 4.79 Å². The van der Waals surface area contributed by atoms with Crippen molar-refractivity contribution in [3.05, 3.63) is 78.1 Å². The second-order valence-corrected chi connectivity index (χ2v) is 9.82. The van der Waals surface area contributed by atoms with Crippen LogP contribution in [0.25, 0.3) is 22.2 Å². The summed E-state index contributed by atoms with van der Waals surface area (Å²) in [7, 11) is 3.48. The zero-order valence-corrected chi connectivity index (χ0v) is 21.2. The van der Waals surface area contributed by atoms with Crippen molar-refractivity contribution in [3.63, 3.8) is 0 Å². The van der Waals surface area contributed by atoms with E-state index in [0.29, 0.717) is 17.4 Å². The van der Waals surface area contributed by atoms with Crippen LogP contribution in [0.5, 0.6) is 11.5 Å². The molecule has 2 aromatic heterocycles. The Bertz CT molecular complexity index is 1420. The number of carbonyl (C=O) groups excluding carboxylic acids is 1. The van der Waals surface area contributed by atoms with Crippen LogP contribution >= 0.6 is 0 Å². The zero-order valence-electron chi connectivity index (χ0n) is 21.2. The Kier molecular flexibility index (Phi) is 6.95. The topological polar surface area (TPSA) is 84.7 Å². The second kappa shape index (κ2) is 10.5. The Hall–Kier alpha value is -4.13. The number of likely N-dealkylation sites (N-methyl/N-ethyl adjacent to an activating group) is 1. The molecule has 7 heteroatoms. The first-order valence-electron chi connectivity index (χ1n) is 12.7. The van der Waals surface area contributed by atoms with Crippen molar-refractivity contribution >= 4 is 22.8 Å². The quantitative estimate of drug-likeness (QED) is 0.323. The molecule has 190 valence electrons. The van der Waals surface area contributed by atoms with Crippen molar-refractivity contribution in [2.75, 3.05) is 14.1 Å². The predicted octanol–water partition coefficient (Wildman–Crippen LogP) is 6.33. The van der Waals surface area contributed by atoms with E-state index >= 15 is 0 Å². The number of carboxylic acids is 1. The molecule has 0 atom stereocenters. The number of fused-ring (bicyclic) bond motifs is 1. The summed E-state index contributed by atoms with van der Waals surface area (Å²) in [6, 6.07) is 16.8. The summed E-state index contributed by atoms with van der Waals surface area (Å²) in [5.74, 6) is 0.669. The molecule has 1 fully saturated rings. The highest BCUT2D eigenvalue weighted by atomic mass is 16.5. The first-order chi connectivity index (χ1) is 17.9. The second-order valence-electron chi connectivity index (χ2n) is 9.82. The minimum atomic E-state index is -0.980. The Morgan fingerprint density at radius 3 is 2.43 bits per heavy atom. The van der Waals surface area contributed by atoms with Gasteiger partial charge < -0.3 is 19.3 Å². The van der Waals surface area contributed by atoms with E-state index in [1.54, 1.807) is 43.5 Å². The Labute approximate surface area is 216 Å². The number of aromatic nitrogens is 2. The number of nitrogens with zero attached hydrogens (tertiary/aromatic N) is 3. The van der Waals surface area contributed by atoms with Gasteiger partial charge in [0.25, 0.3) is 0 Å². The fourth-order valence-electron chi connectivity index (χ4n) is 5.29.